The molecular formula is C11H20N2O. The highest BCUT2D eigenvalue weighted by Crippen LogP contribution is 2.22. The fourth-order valence-corrected chi connectivity index (χ4v) is 1.60. The molecule has 0 aromatic rings. The molecule has 0 aromatic carbocycles. The van der Waals surface area contributed by atoms with E-state index in [0.717, 1.165) is 25.3 Å². The van der Waals surface area contributed by atoms with Gasteiger partial charge in [0, 0.05) is 39.5 Å². The maximum absolute atomic E-state index is 5.36. The van der Waals surface area contributed by atoms with Gasteiger partial charge in [0.1, 0.15) is 0 Å². The predicted molar refractivity (Wildman–Crippen MR) is 60.0 cm³/mol. The Morgan fingerprint density at radius 1 is 1.57 bits per heavy atom. The molecule has 3 heteroatoms. The number of ether oxygens (including phenoxy) is 1. The van der Waals surface area contributed by atoms with E-state index in [9.17, 15) is 0 Å². The average molecular weight is 196 g/mol. The molecule has 0 saturated carbocycles. The Balaban J connectivity index is 2.21. The molecule has 1 fully saturated rings. The van der Waals surface area contributed by atoms with Gasteiger partial charge in [0.05, 0.1) is 5.60 Å². The summed E-state index contributed by atoms with van der Waals surface area (Å²) in [5.74, 6) is 0. The van der Waals surface area contributed by atoms with E-state index in [1.807, 2.05) is 14.0 Å². The van der Waals surface area contributed by atoms with Gasteiger partial charge in [0.2, 0.25) is 0 Å². The van der Waals surface area contributed by atoms with Gasteiger partial charge in [-0.05, 0) is 19.9 Å². The van der Waals surface area contributed by atoms with Crippen LogP contribution in [-0.2, 0) is 4.74 Å². The van der Waals surface area contributed by atoms with Crippen LogP contribution in [-0.4, -0.2) is 50.0 Å². The maximum atomic E-state index is 5.36. The van der Waals surface area contributed by atoms with Crippen molar-refractivity contribution in [2.24, 2.45) is 4.99 Å². The van der Waals surface area contributed by atoms with Gasteiger partial charge in [-0.3, -0.25) is 9.89 Å². The first-order chi connectivity index (χ1) is 6.59. The number of nitrogens with zero attached hydrogens (tertiary/aromatic N) is 2. The van der Waals surface area contributed by atoms with Gasteiger partial charge in [0.15, 0.2) is 0 Å². The fraction of sp³-hybridized carbons (Fsp3) is 0.727. The number of methoxy groups -OCH3 is 1. The first-order valence-corrected chi connectivity index (χ1v) is 4.97. The summed E-state index contributed by atoms with van der Waals surface area (Å²) < 4.78 is 5.36. The van der Waals surface area contributed by atoms with E-state index in [1.54, 1.807) is 7.11 Å². The molecule has 1 aliphatic rings. The van der Waals surface area contributed by atoms with Crippen molar-refractivity contribution in [3.8, 4) is 0 Å². The molecule has 3 nitrogen and oxygen atoms in total. The number of likely N-dealkylation sites (tertiary alicyclic amines) is 1. The molecule has 0 amide bonds. The second-order valence-corrected chi connectivity index (χ2v) is 4.09. The fourth-order valence-electron chi connectivity index (χ4n) is 1.60. The molecule has 0 N–H and O–H groups in total. The lowest BCUT2D eigenvalue weighted by atomic mass is 9.97. The summed E-state index contributed by atoms with van der Waals surface area (Å²) in [7, 11) is 3.59. The summed E-state index contributed by atoms with van der Waals surface area (Å²) in [5.41, 5.74) is 1.15. The van der Waals surface area contributed by atoms with Crippen LogP contribution in [0.25, 0.3) is 0 Å². The highest BCUT2D eigenvalue weighted by molar-refractivity contribution is 5.92. The number of allylic oxidation sites excluding steroid dienone is 1. The summed E-state index contributed by atoms with van der Waals surface area (Å²) in [4.78, 5) is 6.41. The Bertz CT molecular complexity index is 240. The molecule has 0 atom stereocenters. The Hall–Kier alpha value is -0.670. The molecule has 0 aliphatic carbocycles. The number of hydrogen-bond acceptors (Lipinski definition) is 3. The summed E-state index contributed by atoms with van der Waals surface area (Å²) in [5, 5.41) is 0. The minimum atomic E-state index is 0.0850. The van der Waals surface area contributed by atoms with Gasteiger partial charge in [-0.25, -0.2) is 0 Å². The van der Waals surface area contributed by atoms with E-state index in [4.69, 9.17) is 4.74 Å². The van der Waals surface area contributed by atoms with Crippen molar-refractivity contribution < 1.29 is 4.74 Å². The molecule has 14 heavy (non-hydrogen) atoms. The van der Waals surface area contributed by atoms with Crippen molar-refractivity contribution >= 4 is 5.71 Å². The zero-order valence-corrected chi connectivity index (χ0v) is 9.58. The molecule has 1 heterocycles. The Morgan fingerprint density at radius 2 is 2.21 bits per heavy atom. The lowest BCUT2D eigenvalue weighted by Gasteiger charge is -2.46. The summed E-state index contributed by atoms with van der Waals surface area (Å²) in [6.07, 6.45) is 4.21. The summed E-state index contributed by atoms with van der Waals surface area (Å²) in [6.45, 7) is 7.19. The van der Waals surface area contributed by atoms with Gasteiger partial charge < -0.3 is 4.74 Å². The summed E-state index contributed by atoms with van der Waals surface area (Å²) >= 11 is 0. The van der Waals surface area contributed by atoms with Gasteiger partial charge >= 0.3 is 0 Å². The molecule has 1 saturated heterocycles. The Labute approximate surface area is 86.5 Å². The van der Waals surface area contributed by atoms with Crippen LogP contribution in [0.5, 0.6) is 0 Å². The van der Waals surface area contributed by atoms with Crippen molar-refractivity contribution in [1.82, 2.24) is 4.90 Å². The van der Waals surface area contributed by atoms with Crippen molar-refractivity contribution in [2.75, 3.05) is 33.8 Å². The Morgan fingerprint density at radius 3 is 2.71 bits per heavy atom. The molecule has 0 aromatic heterocycles. The number of rotatable bonds is 4. The van der Waals surface area contributed by atoms with Crippen molar-refractivity contribution in [3.63, 3.8) is 0 Å². The second kappa shape index (κ2) is 4.71. The molecule has 1 aliphatic heterocycles. The minimum absolute atomic E-state index is 0.0850. The van der Waals surface area contributed by atoms with E-state index in [-0.39, 0.29) is 5.60 Å². The second-order valence-electron chi connectivity index (χ2n) is 4.09. The normalized spacial score (nSPS) is 22.7. The standard InChI is InChI=1S/C11H20N2O/c1-10(12-3)6-5-7-13-8-11(2,9-13)14-4/h5-6H,7-9H2,1-4H3/b6-5-,12-10-. The third kappa shape index (κ3) is 2.93. The lowest BCUT2D eigenvalue weighted by Crippen LogP contribution is -2.60. The molecule has 80 valence electrons. The average Bonchev–Trinajstić information content (AvgIpc) is 2.14. The van der Waals surface area contributed by atoms with Crippen LogP contribution >= 0.6 is 0 Å². The van der Waals surface area contributed by atoms with Gasteiger partial charge in [-0.1, -0.05) is 6.08 Å². The van der Waals surface area contributed by atoms with Crippen LogP contribution in [0.3, 0.4) is 0 Å². The number of hydrogen-bond donors (Lipinski definition) is 0. The Kier molecular flexibility index (Phi) is 3.84. The molecule has 0 unspecified atom stereocenters. The summed E-state index contributed by atoms with van der Waals surface area (Å²) in [6, 6.07) is 0. The third-order valence-corrected chi connectivity index (χ3v) is 2.68. The first kappa shape index (κ1) is 11.4. The maximum Gasteiger partial charge on any atom is 0.0903 e. The molecular weight excluding hydrogens is 176 g/mol. The highest BCUT2D eigenvalue weighted by Gasteiger charge is 2.37. The van der Waals surface area contributed by atoms with Crippen LogP contribution in [0.2, 0.25) is 0 Å². The zero-order valence-electron chi connectivity index (χ0n) is 9.58. The van der Waals surface area contributed by atoms with Crippen LogP contribution < -0.4 is 0 Å². The smallest absolute Gasteiger partial charge is 0.0903 e. The lowest BCUT2D eigenvalue weighted by molar-refractivity contribution is -0.106. The van der Waals surface area contributed by atoms with E-state index in [0.29, 0.717) is 0 Å². The van der Waals surface area contributed by atoms with Gasteiger partial charge in [-0.2, -0.15) is 0 Å². The quantitative estimate of drug-likeness (QED) is 0.634. The highest BCUT2D eigenvalue weighted by atomic mass is 16.5. The van der Waals surface area contributed by atoms with Crippen LogP contribution in [0.1, 0.15) is 13.8 Å². The molecule has 0 radical (unpaired) electrons. The topological polar surface area (TPSA) is 24.8 Å². The van der Waals surface area contributed by atoms with E-state index < -0.39 is 0 Å². The monoisotopic (exact) mass is 196 g/mol. The van der Waals surface area contributed by atoms with Gasteiger partial charge in [-0.15, -0.1) is 0 Å². The molecule has 1 rings (SSSR count). The third-order valence-electron chi connectivity index (χ3n) is 2.68. The van der Waals surface area contributed by atoms with Gasteiger partial charge in [0.25, 0.3) is 0 Å². The van der Waals surface area contributed by atoms with Crippen molar-refractivity contribution in [3.05, 3.63) is 12.2 Å². The molecule has 0 bridgehead atoms. The SMILES string of the molecule is C/N=C(C)\C=C/CN1CC(C)(OC)C1. The van der Waals surface area contributed by atoms with Crippen LogP contribution in [0.4, 0.5) is 0 Å². The minimum Gasteiger partial charge on any atom is -0.376 e. The largest absolute Gasteiger partial charge is 0.376 e. The van der Waals surface area contributed by atoms with E-state index >= 15 is 0 Å². The zero-order chi connectivity index (χ0) is 10.6. The van der Waals surface area contributed by atoms with Crippen LogP contribution in [0, 0.1) is 0 Å². The van der Waals surface area contributed by atoms with Crippen molar-refractivity contribution in [2.45, 2.75) is 19.4 Å². The van der Waals surface area contributed by atoms with E-state index in [1.165, 1.54) is 0 Å². The van der Waals surface area contributed by atoms with Crippen LogP contribution in [0.15, 0.2) is 17.1 Å². The molecule has 0 spiro atoms. The number of aliphatic imine (C=N–C) groups is 1. The predicted octanol–water partition coefficient (Wildman–Crippen LogP) is 1.35. The first-order valence-electron chi connectivity index (χ1n) is 4.97. The van der Waals surface area contributed by atoms with Crippen molar-refractivity contribution in [1.29, 1.82) is 0 Å². The van der Waals surface area contributed by atoms with E-state index in [2.05, 4.69) is 29.0 Å².